The number of carbonyl (C=O) groups is 2. The molecule has 1 amide bonds. The Balaban J connectivity index is 1.42. The fourth-order valence-electron chi connectivity index (χ4n) is 4.42. The van der Waals surface area contributed by atoms with Crippen LogP contribution in [0.3, 0.4) is 0 Å². The normalized spacial score (nSPS) is 15.7. The van der Waals surface area contributed by atoms with Crippen LogP contribution in [0.25, 0.3) is 10.9 Å². The van der Waals surface area contributed by atoms with Crippen LogP contribution in [0.5, 0.6) is 0 Å². The molecule has 1 fully saturated rings. The second-order valence-corrected chi connectivity index (χ2v) is 13.3. The molecule has 1 heterocycles. The Hall–Kier alpha value is -3.72. The topological polar surface area (TPSA) is 131 Å². The van der Waals surface area contributed by atoms with Gasteiger partial charge in [0.15, 0.2) is 14.6 Å². The predicted octanol–water partition coefficient (Wildman–Crippen LogP) is 2.27. The van der Waals surface area contributed by atoms with Crippen molar-refractivity contribution in [2.75, 3.05) is 33.5 Å². The zero-order chi connectivity index (χ0) is 29.1. The van der Waals surface area contributed by atoms with E-state index in [0.29, 0.717) is 12.1 Å². The number of rotatable bonds is 10. The molecule has 4 rings (SSSR count). The van der Waals surface area contributed by atoms with E-state index < -0.39 is 20.5 Å². The van der Waals surface area contributed by atoms with Crippen LogP contribution in [-0.2, 0) is 36.1 Å². The molecule has 0 saturated heterocycles. The first-order chi connectivity index (χ1) is 18.8. The molecule has 11 heteroatoms. The average Bonchev–Trinajstić information content (AvgIpc) is 3.59. The van der Waals surface area contributed by atoms with Crippen molar-refractivity contribution >= 4 is 32.6 Å². The number of hydroxylamine groups is 1. The fraction of sp³-hybridized carbons (Fsp3) is 0.414. The van der Waals surface area contributed by atoms with Crippen LogP contribution >= 0.6 is 0 Å². The standard InChI is InChI=1S/C29H34N4O6S/c1-28(27(35)31-36,40(4,37)38)15-16-33-18-23-17-22(9-12-25(23)30-33)6-5-21-7-10-24(11-8-21)29(13-14-29)20-39-26(34)19-32(2)3/h7-12,17-18,36H,13-16,19-20H2,1-4H3,(H,31,35). The molecule has 1 aromatic heterocycles. The van der Waals surface area contributed by atoms with Gasteiger partial charge in [-0.1, -0.05) is 24.0 Å². The molecule has 212 valence electrons. The summed E-state index contributed by atoms with van der Waals surface area (Å²) in [5, 5.41) is 14.3. The molecule has 1 unspecified atom stereocenters. The molecule has 0 radical (unpaired) electrons. The van der Waals surface area contributed by atoms with E-state index >= 15 is 0 Å². The van der Waals surface area contributed by atoms with E-state index in [2.05, 4.69) is 16.9 Å². The van der Waals surface area contributed by atoms with Crippen molar-refractivity contribution < 1.29 is 28.0 Å². The quantitative estimate of drug-likeness (QED) is 0.165. The van der Waals surface area contributed by atoms with E-state index in [4.69, 9.17) is 9.94 Å². The molecule has 2 aromatic carbocycles. The van der Waals surface area contributed by atoms with Gasteiger partial charge in [-0.3, -0.25) is 24.4 Å². The number of hydrogen-bond acceptors (Lipinski definition) is 8. The highest BCUT2D eigenvalue weighted by atomic mass is 32.2. The average molecular weight is 567 g/mol. The molecule has 0 spiro atoms. The molecule has 0 bridgehead atoms. The molecule has 0 aliphatic heterocycles. The number of ether oxygens (including phenoxy) is 1. The largest absolute Gasteiger partial charge is 0.464 e. The molecule has 3 aromatic rings. The number of aromatic nitrogens is 2. The maximum absolute atomic E-state index is 12.2. The number of aryl methyl sites for hydroxylation is 1. The van der Waals surface area contributed by atoms with E-state index in [1.165, 1.54) is 12.4 Å². The van der Waals surface area contributed by atoms with Gasteiger partial charge in [-0.25, -0.2) is 13.9 Å². The molecular formula is C29H34N4O6S. The summed E-state index contributed by atoms with van der Waals surface area (Å²) in [6.45, 7) is 2.10. The Bertz CT molecular complexity index is 1580. The van der Waals surface area contributed by atoms with Gasteiger partial charge in [0.25, 0.3) is 5.91 Å². The number of esters is 1. The van der Waals surface area contributed by atoms with Gasteiger partial charge >= 0.3 is 5.97 Å². The fourth-order valence-corrected chi connectivity index (χ4v) is 5.27. The predicted molar refractivity (Wildman–Crippen MR) is 150 cm³/mol. The van der Waals surface area contributed by atoms with Gasteiger partial charge in [0.05, 0.1) is 12.1 Å². The van der Waals surface area contributed by atoms with Crippen LogP contribution < -0.4 is 5.48 Å². The number of nitrogens with zero attached hydrogens (tertiary/aromatic N) is 3. The molecule has 1 atom stereocenters. The lowest BCUT2D eigenvalue weighted by Crippen LogP contribution is -2.49. The Labute approximate surface area is 234 Å². The van der Waals surface area contributed by atoms with Gasteiger partial charge in [-0.2, -0.15) is 5.10 Å². The summed E-state index contributed by atoms with van der Waals surface area (Å²) >= 11 is 0. The summed E-state index contributed by atoms with van der Waals surface area (Å²) in [5.74, 6) is 5.15. The van der Waals surface area contributed by atoms with Gasteiger partial charge in [-0.15, -0.1) is 0 Å². The van der Waals surface area contributed by atoms with Crippen LogP contribution in [0.15, 0.2) is 48.7 Å². The molecule has 1 aliphatic carbocycles. The third-order valence-electron chi connectivity index (χ3n) is 7.43. The highest BCUT2D eigenvalue weighted by molar-refractivity contribution is 7.92. The van der Waals surface area contributed by atoms with Gasteiger partial charge in [0.2, 0.25) is 0 Å². The Kier molecular flexibility index (Phi) is 8.35. The van der Waals surface area contributed by atoms with Gasteiger partial charge in [0.1, 0.15) is 6.61 Å². The zero-order valence-corrected chi connectivity index (χ0v) is 23.9. The Morgan fingerprint density at radius 1 is 1.15 bits per heavy atom. The maximum Gasteiger partial charge on any atom is 0.320 e. The van der Waals surface area contributed by atoms with Crippen LogP contribution in [0.1, 0.15) is 42.9 Å². The molecule has 40 heavy (non-hydrogen) atoms. The minimum atomic E-state index is -3.79. The summed E-state index contributed by atoms with van der Waals surface area (Å²) in [6.07, 6.45) is 4.66. The second-order valence-electron chi connectivity index (χ2n) is 10.9. The van der Waals surface area contributed by atoms with Crippen molar-refractivity contribution in [1.82, 2.24) is 20.2 Å². The van der Waals surface area contributed by atoms with Crippen molar-refractivity contribution in [3.8, 4) is 11.8 Å². The number of nitrogens with one attached hydrogen (secondary N) is 1. The van der Waals surface area contributed by atoms with Crippen molar-refractivity contribution in [2.24, 2.45) is 0 Å². The summed E-state index contributed by atoms with van der Waals surface area (Å²) < 4.78 is 29.7. The van der Waals surface area contributed by atoms with Gasteiger partial charge in [-0.05, 0) is 76.2 Å². The van der Waals surface area contributed by atoms with Crippen LogP contribution in [0.4, 0.5) is 0 Å². The summed E-state index contributed by atoms with van der Waals surface area (Å²) in [4.78, 5) is 25.8. The lowest BCUT2D eigenvalue weighted by atomic mass is 9.96. The summed E-state index contributed by atoms with van der Waals surface area (Å²) in [6, 6.07) is 13.6. The van der Waals surface area contributed by atoms with Crippen LogP contribution in [0.2, 0.25) is 0 Å². The molecule has 1 saturated carbocycles. The van der Waals surface area contributed by atoms with Crippen molar-refractivity contribution in [1.29, 1.82) is 0 Å². The molecular weight excluding hydrogens is 532 g/mol. The van der Waals surface area contributed by atoms with Gasteiger partial charge < -0.3 is 4.74 Å². The highest BCUT2D eigenvalue weighted by Crippen LogP contribution is 2.48. The second kappa shape index (κ2) is 11.4. The number of benzene rings is 2. The first-order valence-electron chi connectivity index (χ1n) is 12.9. The van der Waals surface area contributed by atoms with Crippen LogP contribution in [-0.4, -0.2) is 78.4 Å². The molecule has 1 aliphatic rings. The van der Waals surface area contributed by atoms with Crippen molar-refractivity contribution in [3.05, 3.63) is 65.4 Å². The van der Waals surface area contributed by atoms with E-state index in [0.717, 1.165) is 41.2 Å². The number of likely N-dealkylation sites (N-methyl/N-ethyl adjacent to an activating group) is 1. The first-order valence-corrected chi connectivity index (χ1v) is 14.8. The van der Waals surface area contributed by atoms with Crippen molar-refractivity contribution in [3.63, 3.8) is 0 Å². The highest BCUT2D eigenvalue weighted by Gasteiger charge is 2.45. The third kappa shape index (κ3) is 6.53. The monoisotopic (exact) mass is 566 g/mol. The maximum atomic E-state index is 12.2. The number of carbonyl (C=O) groups excluding carboxylic acids is 2. The SMILES string of the molecule is CN(C)CC(=O)OCC1(c2ccc(C#Cc3ccc4nn(CCC(C)(C(=O)NO)S(C)(=O)=O)cc4c3)cc2)CC1. The lowest BCUT2D eigenvalue weighted by Gasteiger charge is -2.24. The van der Waals surface area contributed by atoms with E-state index in [-0.39, 0.29) is 30.9 Å². The number of fused-ring (bicyclic) bond motifs is 1. The summed E-state index contributed by atoms with van der Waals surface area (Å²) in [7, 11) is -0.118. The third-order valence-corrected chi connectivity index (χ3v) is 9.45. The van der Waals surface area contributed by atoms with E-state index in [1.807, 2.05) is 56.6 Å². The molecule has 10 nitrogen and oxygen atoms in total. The zero-order valence-electron chi connectivity index (χ0n) is 23.1. The lowest BCUT2D eigenvalue weighted by molar-refractivity contribution is -0.145. The van der Waals surface area contributed by atoms with Crippen LogP contribution in [0, 0.1) is 11.8 Å². The number of amides is 1. The van der Waals surface area contributed by atoms with Gasteiger partial charge in [0, 0.05) is 40.9 Å². The Morgan fingerprint density at radius 2 is 1.80 bits per heavy atom. The smallest absolute Gasteiger partial charge is 0.320 e. The number of sulfone groups is 1. The minimum Gasteiger partial charge on any atom is -0.464 e. The summed E-state index contributed by atoms with van der Waals surface area (Å²) in [5.41, 5.74) is 4.87. The van der Waals surface area contributed by atoms with E-state index in [1.54, 1.807) is 15.8 Å². The number of hydrogen-bond donors (Lipinski definition) is 2. The first kappa shape index (κ1) is 29.3. The Morgan fingerprint density at radius 3 is 2.40 bits per heavy atom. The molecule has 2 N–H and O–H groups in total. The van der Waals surface area contributed by atoms with Crippen molar-refractivity contribution in [2.45, 2.75) is 42.9 Å². The van der Waals surface area contributed by atoms with E-state index in [9.17, 15) is 18.0 Å². The minimum absolute atomic E-state index is 0.0608.